The van der Waals surface area contributed by atoms with Gasteiger partial charge in [-0.15, -0.1) is 10.2 Å². The van der Waals surface area contributed by atoms with Gasteiger partial charge in [-0.1, -0.05) is 17.7 Å². The molecule has 0 saturated carbocycles. The highest BCUT2D eigenvalue weighted by atomic mass is 35.5. The molecule has 0 bridgehead atoms. The van der Waals surface area contributed by atoms with Crippen LogP contribution in [0.3, 0.4) is 0 Å². The monoisotopic (exact) mass is 391 g/mol. The predicted octanol–water partition coefficient (Wildman–Crippen LogP) is 3.21. The number of nitrogens with zero attached hydrogens (tertiary/aromatic N) is 3. The van der Waals surface area contributed by atoms with E-state index in [0.717, 1.165) is 4.90 Å². The van der Waals surface area contributed by atoms with Crippen LogP contribution in [0.4, 0.5) is 10.1 Å². The van der Waals surface area contributed by atoms with Gasteiger partial charge in [-0.2, -0.15) is 0 Å². The summed E-state index contributed by atoms with van der Waals surface area (Å²) in [6, 6.07) is 10.2. The minimum absolute atomic E-state index is 0.0159. The third-order valence-corrected chi connectivity index (χ3v) is 4.75. The molecule has 0 spiro atoms. The second-order valence-corrected chi connectivity index (χ2v) is 6.60. The number of nitro groups is 1. The summed E-state index contributed by atoms with van der Waals surface area (Å²) in [5, 5.41) is 19.2. The number of aromatic nitrogens is 2. The van der Waals surface area contributed by atoms with E-state index in [1.165, 1.54) is 18.2 Å². The molecule has 2 atom stereocenters. The molecule has 140 valence electrons. The smallest absolute Gasteiger partial charge is 0.274 e. The van der Waals surface area contributed by atoms with Gasteiger partial charge in [-0.3, -0.25) is 10.1 Å². The fraction of sp³-hybridized carbons (Fsp3) is 0.222. The molecule has 0 aliphatic heterocycles. The Balaban J connectivity index is 1.76. The molecule has 1 heterocycles. The quantitative estimate of drug-likeness (QED) is 0.515. The number of nitrogens with one attached hydrogen (secondary N) is 1. The minimum Gasteiger partial charge on any atom is -0.415 e. The van der Waals surface area contributed by atoms with Crippen molar-refractivity contribution in [2.75, 3.05) is 7.05 Å². The number of quaternary nitrogens is 1. The van der Waals surface area contributed by atoms with Crippen molar-refractivity contribution >= 4 is 17.3 Å². The molecular weight excluding hydrogens is 375 g/mol. The summed E-state index contributed by atoms with van der Waals surface area (Å²) in [5.41, 5.74) is 0.998. The van der Waals surface area contributed by atoms with Crippen LogP contribution in [-0.4, -0.2) is 22.2 Å². The maximum absolute atomic E-state index is 14.0. The van der Waals surface area contributed by atoms with Crippen LogP contribution in [0.2, 0.25) is 5.02 Å². The lowest BCUT2D eigenvalue weighted by molar-refractivity contribution is -0.925. The van der Waals surface area contributed by atoms with Crippen LogP contribution < -0.4 is 4.90 Å². The molecule has 0 fully saturated rings. The van der Waals surface area contributed by atoms with Crippen LogP contribution in [-0.2, 0) is 6.54 Å². The average molecular weight is 392 g/mol. The Hall–Kier alpha value is -2.84. The Morgan fingerprint density at radius 1 is 1.26 bits per heavy atom. The van der Waals surface area contributed by atoms with Crippen molar-refractivity contribution in [1.82, 2.24) is 10.2 Å². The number of halogens is 2. The van der Waals surface area contributed by atoms with Crippen LogP contribution in [0, 0.1) is 15.9 Å². The van der Waals surface area contributed by atoms with Gasteiger partial charge in [0.25, 0.3) is 11.6 Å². The third kappa shape index (κ3) is 4.12. The molecule has 1 unspecified atom stereocenters. The van der Waals surface area contributed by atoms with Crippen LogP contribution in [0.1, 0.15) is 24.4 Å². The molecule has 9 heteroatoms. The topological polar surface area (TPSA) is 86.5 Å². The highest BCUT2D eigenvalue weighted by molar-refractivity contribution is 6.31. The summed E-state index contributed by atoms with van der Waals surface area (Å²) in [6.45, 7) is 2.24. The molecule has 2 aromatic carbocycles. The van der Waals surface area contributed by atoms with Crippen LogP contribution >= 0.6 is 11.6 Å². The Labute approximate surface area is 159 Å². The zero-order chi connectivity index (χ0) is 19.6. The Kier molecular flexibility index (Phi) is 5.48. The first-order valence-corrected chi connectivity index (χ1v) is 8.58. The van der Waals surface area contributed by atoms with Crippen LogP contribution in [0.15, 0.2) is 46.9 Å². The summed E-state index contributed by atoms with van der Waals surface area (Å²) >= 11 is 6.09. The molecular formula is C18H17ClFN4O3+. The minimum atomic E-state index is -0.475. The molecule has 3 aromatic rings. The summed E-state index contributed by atoms with van der Waals surface area (Å²) in [7, 11) is 1.88. The molecule has 0 aliphatic carbocycles. The molecule has 1 N–H and O–H groups in total. The van der Waals surface area contributed by atoms with E-state index in [9.17, 15) is 14.5 Å². The van der Waals surface area contributed by atoms with Crippen molar-refractivity contribution in [2.24, 2.45) is 0 Å². The second kappa shape index (κ2) is 7.81. The largest absolute Gasteiger partial charge is 0.415 e. The normalized spacial score (nSPS) is 13.3. The number of hydrogen-bond acceptors (Lipinski definition) is 5. The number of nitro benzene ring substituents is 1. The van der Waals surface area contributed by atoms with Gasteiger partial charge in [0.05, 0.1) is 22.6 Å². The van der Waals surface area contributed by atoms with Gasteiger partial charge in [-0.25, -0.2) is 4.39 Å². The summed E-state index contributed by atoms with van der Waals surface area (Å²) in [6.07, 6.45) is 0. The maximum Gasteiger partial charge on any atom is 0.274 e. The molecule has 3 rings (SSSR count). The lowest BCUT2D eigenvalue weighted by Gasteiger charge is -2.19. The van der Waals surface area contributed by atoms with Crippen molar-refractivity contribution in [3.05, 3.63) is 74.9 Å². The molecule has 7 nitrogen and oxygen atoms in total. The van der Waals surface area contributed by atoms with E-state index in [1.54, 1.807) is 24.3 Å². The van der Waals surface area contributed by atoms with E-state index in [4.69, 9.17) is 16.0 Å². The van der Waals surface area contributed by atoms with Gasteiger partial charge in [0.1, 0.15) is 12.4 Å². The van der Waals surface area contributed by atoms with Crippen molar-refractivity contribution in [2.45, 2.75) is 19.5 Å². The maximum atomic E-state index is 14.0. The first-order chi connectivity index (χ1) is 12.9. The van der Waals surface area contributed by atoms with Gasteiger partial charge in [0.15, 0.2) is 6.04 Å². The summed E-state index contributed by atoms with van der Waals surface area (Å²) < 4.78 is 19.7. The van der Waals surface area contributed by atoms with Crippen molar-refractivity contribution in [3.8, 4) is 11.5 Å². The van der Waals surface area contributed by atoms with E-state index >= 15 is 0 Å². The van der Waals surface area contributed by atoms with E-state index in [0.29, 0.717) is 28.6 Å². The molecule has 27 heavy (non-hydrogen) atoms. The number of hydrogen-bond donors (Lipinski definition) is 1. The van der Waals surface area contributed by atoms with E-state index in [-0.39, 0.29) is 23.4 Å². The SMILES string of the molecule is C[C@H](c1nnc(-c2ccc([N+](=O)[O-])cc2)o1)[NH+](C)Cc1c(F)cccc1Cl. The third-order valence-electron chi connectivity index (χ3n) is 4.39. The average Bonchev–Trinajstić information content (AvgIpc) is 3.14. The Morgan fingerprint density at radius 3 is 2.59 bits per heavy atom. The zero-order valence-electron chi connectivity index (χ0n) is 14.6. The molecule has 0 saturated heterocycles. The Morgan fingerprint density at radius 2 is 1.96 bits per heavy atom. The second-order valence-electron chi connectivity index (χ2n) is 6.19. The molecule has 0 amide bonds. The summed E-state index contributed by atoms with van der Waals surface area (Å²) in [5.74, 6) is 0.294. The highest BCUT2D eigenvalue weighted by Crippen LogP contribution is 2.23. The van der Waals surface area contributed by atoms with Crippen molar-refractivity contribution in [3.63, 3.8) is 0 Å². The van der Waals surface area contributed by atoms with Crippen molar-refractivity contribution < 1.29 is 18.6 Å². The lowest BCUT2D eigenvalue weighted by atomic mass is 10.1. The molecule has 0 aliphatic rings. The number of benzene rings is 2. The van der Waals surface area contributed by atoms with Crippen LogP contribution in [0.25, 0.3) is 11.5 Å². The first kappa shape index (κ1) is 18.9. The van der Waals surface area contributed by atoms with E-state index in [2.05, 4.69) is 10.2 Å². The number of rotatable bonds is 6. The van der Waals surface area contributed by atoms with E-state index in [1.807, 2.05) is 14.0 Å². The summed E-state index contributed by atoms with van der Waals surface area (Å²) in [4.78, 5) is 11.2. The van der Waals surface area contributed by atoms with E-state index < -0.39 is 4.92 Å². The van der Waals surface area contributed by atoms with Gasteiger partial charge in [0.2, 0.25) is 5.89 Å². The first-order valence-electron chi connectivity index (χ1n) is 8.20. The van der Waals surface area contributed by atoms with Gasteiger partial charge in [-0.05, 0) is 31.2 Å². The standard InChI is InChI=1S/C18H16ClFN4O3/c1-11(23(2)10-14-15(19)4-3-5-16(14)20)17-21-22-18(27-17)12-6-8-13(9-7-12)24(25)26/h3-9,11H,10H2,1-2H3/p+1/t11-/m1/s1. The van der Waals surface area contributed by atoms with Gasteiger partial charge < -0.3 is 9.32 Å². The van der Waals surface area contributed by atoms with Crippen molar-refractivity contribution in [1.29, 1.82) is 0 Å². The molecule has 0 radical (unpaired) electrons. The fourth-order valence-electron chi connectivity index (χ4n) is 2.60. The van der Waals surface area contributed by atoms with Gasteiger partial charge in [0, 0.05) is 17.7 Å². The zero-order valence-corrected chi connectivity index (χ0v) is 15.4. The Bertz CT molecular complexity index is 941. The molecule has 1 aromatic heterocycles. The van der Waals surface area contributed by atoms with Crippen LogP contribution in [0.5, 0.6) is 0 Å². The van der Waals surface area contributed by atoms with Gasteiger partial charge >= 0.3 is 0 Å². The predicted molar refractivity (Wildman–Crippen MR) is 96.8 cm³/mol. The number of non-ortho nitro benzene ring substituents is 1. The fourth-order valence-corrected chi connectivity index (χ4v) is 2.83. The highest BCUT2D eigenvalue weighted by Gasteiger charge is 2.24. The lowest BCUT2D eigenvalue weighted by Crippen LogP contribution is -3.07.